The Morgan fingerprint density at radius 3 is 2.40 bits per heavy atom. The third kappa shape index (κ3) is 4.59. The van der Waals surface area contributed by atoms with Crippen LogP contribution in [0.1, 0.15) is 44.0 Å². The van der Waals surface area contributed by atoms with Crippen LogP contribution in [0.25, 0.3) is 0 Å². The quantitative estimate of drug-likeness (QED) is 0.762. The Morgan fingerprint density at radius 2 is 1.84 bits per heavy atom. The van der Waals surface area contributed by atoms with Crippen LogP contribution in [0.15, 0.2) is 29.2 Å². The summed E-state index contributed by atoms with van der Waals surface area (Å²) in [7, 11) is -3.48. The zero-order valence-corrected chi connectivity index (χ0v) is 16.2. The van der Waals surface area contributed by atoms with Gasteiger partial charge in [0.05, 0.1) is 4.90 Å². The van der Waals surface area contributed by atoms with Crippen LogP contribution >= 0.6 is 0 Å². The summed E-state index contributed by atoms with van der Waals surface area (Å²) < 4.78 is 26.3. The van der Waals surface area contributed by atoms with Crippen LogP contribution < -0.4 is 5.32 Å². The molecule has 1 aromatic rings. The van der Waals surface area contributed by atoms with Crippen molar-refractivity contribution in [3.63, 3.8) is 0 Å². The molecule has 1 N–H and O–H groups in total. The average molecular weight is 368 g/mol. The zero-order valence-electron chi connectivity index (χ0n) is 15.4. The number of rotatable bonds is 8. The van der Waals surface area contributed by atoms with Crippen molar-refractivity contribution in [3.8, 4) is 0 Å². The lowest BCUT2D eigenvalue weighted by molar-refractivity contribution is 0.0941. The minimum Gasteiger partial charge on any atom is -0.350 e. The van der Waals surface area contributed by atoms with Crippen molar-refractivity contribution >= 4 is 15.9 Å². The summed E-state index contributed by atoms with van der Waals surface area (Å²) in [5, 5.41) is 2.97. The molecule has 1 heterocycles. The topological polar surface area (TPSA) is 69.7 Å². The van der Waals surface area contributed by atoms with Gasteiger partial charge in [-0.25, -0.2) is 8.42 Å². The second-order valence-electron chi connectivity index (χ2n) is 6.25. The molecule has 0 unspecified atom stereocenters. The molecular formula is C18H29N3O3S. The molecule has 1 fully saturated rings. The van der Waals surface area contributed by atoms with E-state index in [1.54, 1.807) is 12.1 Å². The fourth-order valence-corrected chi connectivity index (χ4v) is 4.80. The lowest BCUT2D eigenvalue weighted by atomic mass is 10.2. The molecule has 0 aliphatic carbocycles. The van der Waals surface area contributed by atoms with Crippen molar-refractivity contribution in [2.24, 2.45) is 0 Å². The molecule has 7 heteroatoms. The highest BCUT2D eigenvalue weighted by molar-refractivity contribution is 7.89. The first kappa shape index (κ1) is 19.9. The number of hydrogen-bond acceptors (Lipinski definition) is 4. The van der Waals surface area contributed by atoms with Gasteiger partial charge in [0, 0.05) is 31.2 Å². The molecule has 0 spiro atoms. The van der Waals surface area contributed by atoms with Gasteiger partial charge in [0.15, 0.2) is 0 Å². The number of likely N-dealkylation sites (N-methyl/N-ethyl adjacent to an activating group) is 1. The van der Waals surface area contributed by atoms with Gasteiger partial charge in [0.2, 0.25) is 10.0 Å². The molecule has 1 saturated heterocycles. The predicted octanol–water partition coefficient (Wildman–Crippen LogP) is 1.93. The van der Waals surface area contributed by atoms with Crippen molar-refractivity contribution in [1.82, 2.24) is 14.5 Å². The fourth-order valence-electron chi connectivity index (χ4n) is 3.35. The maximum atomic E-state index is 12.5. The highest BCUT2D eigenvalue weighted by Gasteiger charge is 2.24. The van der Waals surface area contributed by atoms with Gasteiger partial charge in [-0.05, 0) is 50.2 Å². The molecule has 1 atom stereocenters. The Bertz CT molecular complexity index is 669. The largest absolute Gasteiger partial charge is 0.350 e. The summed E-state index contributed by atoms with van der Waals surface area (Å²) in [5.41, 5.74) is 0.486. The number of amides is 1. The highest BCUT2D eigenvalue weighted by atomic mass is 32.2. The number of benzene rings is 1. The number of sulfonamides is 1. The Morgan fingerprint density at radius 1 is 1.20 bits per heavy atom. The van der Waals surface area contributed by atoms with Gasteiger partial charge in [-0.3, -0.25) is 9.69 Å². The number of carbonyl (C=O) groups is 1. The number of likely N-dealkylation sites (tertiary alicyclic amines) is 1. The van der Waals surface area contributed by atoms with Crippen molar-refractivity contribution < 1.29 is 13.2 Å². The molecule has 1 aliphatic heterocycles. The van der Waals surface area contributed by atoms with Gasteiger partial charge in [-0.2, -0.15) is 4.31 Å². The van der Waals surface area contributed by atoms with Gasteiger partial charge in [-0.1, -0.05) is 20.8 Å². The van der Waals surface area contributed by atoms with Gasteiger partial charge < -0.3 is 5.32 Å². The molecule has 25 heavy (non-hydrogen) atoms. The smallest absolute Gasteiger partial charge is 0.251 e. The van der Waals surface area contributed by atoms with Crippen LogP contribution in [0, 0.1) is 0 Å². The second-order valence-corrected chi connectivity index (χ2v) is 8.19. The molecule has 1 aromatic carbocycles. The van der Waals surface area contributed by atoms with E-state index in [0.717, 1.165) is 19.5 Å². The summed E-state index contributed by atoms with van der Waals surface area (Å²) in [6.07, 6.45) is 2.28. The maximum absolute atomic E-state index is 12.5. The third-order valence-electron chi connectivity index (χ3n) is 4.86. The second kappa shape index (κ2) is 8.78. The summed E-state index contributed by atoms with van der Waals surface area (Å²) >= 11 is 0. The first-order chi connectivity index (χ1) is 11.9. The maximum Gasteiger partial charge on any atom is 0.251 e. The number of carbonyl (C=O) groups excluding carboxylic acids is 1. The van der Waals surface area contributed by atoms with E-state index in [0.29, 0.717) is 31.2 Å². The lowest BCUT2D eigenvalue weighted by Crippen LogP contribution is -2.40. The van der Waals surface area contributed by atoms with E-state index < -0.39 is 10.0 Å². The van der Waals surface area contributed by atoms with E-state index in [1.807, 2.05) is 13.8 Å². The molecule has 6 nitrogen and oxygen atoms in total. The molecule has 0 radical (unpaired) electrons. The van der Waals surface area contributed by atoms with Gasteiger partial charge in [-0.15, -0.1) is 0 Å². The average Bonchev–Trinajstić information content (AvgIpc) is 3.08. The van der Waals surface area contributed by atoms with E-state index in [1.165, 1.54) is 22.9 Å². The first-order valence-electron chi connectivity index (χ1n) is 9.06. The van der Waals surface area contributed by atoms with Crippen molar-refractivity contribution in [1.29, 1.82) is 0 Å². The van der Waals surface area contributed by atoms with Crippen molar-refractivity contribution in [3.05, 3.63) is 29.8 Å². The summed E-state index contributed by atoms with van der Waals surface area (Å²) in [6, 6.07) is 6.58. The van der Waals surface area contributed by atoms with Crippen LogP contribution in [0.4, 0.5) is 0 Å². The van der Waals surface area contributed by atoms with Crippen LogP contribution in [-0.2, 0) is 10.0 Å². The monoisotopic (exact) mass is 367 g/mol. The van der Waals surface area contributed by atoms with E-state index in [9.17, 15) is 13.2 Å². The van der Waals surface area contributed by atoms with E-state index in [-0.39, 0.29) is 10.8 Å². The molecule has 0 aromatic heterocycles. The molecule has 1 amide bonds. The van der Waals surface area contributed by atoms with Gasteiger partial charge in [0.25, 0.3) is 5.91 Å². The van der Waals surface area contributed by atoms with Crippen LogP contribution in [0.2, 0.25) is 0 Å². The normalized spacial score (nSPS) is 18.6. The minimum atomic E-state index is -3.48. The molecular weight excluding hydrogens is 338 g/mol. The lowest BCUT2D eigenvalue weighted by Gasteiger charge is -2.23. The van der Waals surface area contributed by atoms with Crippen molar-refractivity contribution in [2.45, 2.75) is 44.6 Å². The Hall–Kier alpha value is -1.44. The molecule has 0 bridgehead atoms. The van der Waals surface area contributed by atoms with Crippen LogP contribution in [0.5, 0.6) is 0 Å². The van der Waals surface area contributed by atoms with Crippen molar-refractivity contribution in [2.75, 3.05) is 32.7 Å². The standard InChI is InChI=1S/C18H29N3O3S/c1-4-20-13-7-8-16(20)14-19-18(22)15-9-11-17(12-10-15)25(23,24)21(5-2)6-3/h9-12,16H,4-8,13-14H2,1-3H3,(H,19,22)/t16-/m0/s1. The Balaban J connectivity index is 2.00. The van der Waals surface area contributed by atoms with Gasteiger partial charge >= 0.3 is 0 Å². The number of nitrogens with zero attached hydrogens (tertiary/aromatic N) is 2. The van der Waals surface area contributed by atoms with E-state index in [4.69, 9.17) is 0 Å². The number of hydrogen-bond donors (Lipinski definition) is 1. The number of nitrogens with one attached hydrogen (secondary N) is 1. The summed E-state index contributed by atoms with van der Waals surface area (Å²) in [4.78, 5) is 14.9. The third-order valence-corrected chi connectivity index (χ3v) is 6.93. The zero-order chi connectivity index (χ0) is 18.4. The van der Waals surface area contributed by atoms with Crippen LogP contribution in [-0.4, -0.2) is 62.3 Å². The summed E-state index contributed by atoms with van der Waals surface area (Å²) in [5.74, 6) is -0.158. The van der Waals surface area contributed by atoms with E-state index in [2.05, 4.69) is 17.1 Å². The molecule has 2 rings (SSSR count). The SMILES string of the molecule is CCN1CCC[C@H]1CNC(=O)c1ccc(S(=O)(=O)N(CC)CC)cc1. The van der Waals surface area contributed by atoms with Crippen LogP contribution in [0.3, 0.4) is 0 Å². The minimum absolute atomic E-state index is 0.158. The summed E-state index contributed by atoms with van der Waals surface area (Å²) in [6.45, 7) is 9.33. The molecule has 0 saturated carbocycles. The Kier molecular flexibility index (Phi) is 6.98. The molecule has 140 valence electrons. The fraction of sp³-hybridized carbons (Fsp3) is 0.611. The predicted molar refractivity (Wildman–Crippen MR) is 99.2 cm³/mol. The molecule has 1 aliphatic rings. The highest BCUT2D eigenvalue weighted by Crippen LogP contribution is 2.17. The Labute approximate surface area is 151 Å². The van der Waals surface area contributed by atoms with Gasteiger partial charge in [0.1, 0.15) is 0 Å². The first-order valence-corrected chi connectivity index (χ1v) is 10.5. The van der Waals surface area contributed by atoms with E-state index >= 15 is 0 Å².